The fourth-order valence-electron chi connectivity index (χ4n) is 2.19. The second-order valence-corrected chi connectivity index (χ2v) is 6.65. The van der Waals surface area contributed by atoms with E-state index in [0.717, 1.165) is 0 Å². The van der Waals surface area contributed by atoms with Crippen LogP contribution in [0, 0.1) is 3.57 Å². The van der Waals surface area contributed by atoms with Crippen molar-refractivity contribution in [2.75, 3.05) is 13.2 Å². The number of hydrogen-bond donors (Lipinski definition) is 1. The number of carboxylic acids is 1. The zero-order valence-corrected chi connectivity index (χ0v) is 17.1. The van der Waals surface area contributed by atoms with Gasteiger partial charge in [0.05, 0.1) is 9.13 Å². The molecule has 0 aliphatic carbocycles. The average Bonchev–Trinajstić information content (AvgIpc) is 2.65. The molecule has 0 unspecified atom stereocenters. The van der Waals surface area contributed by atoms with Crippen LogP contribution in [-0.4, -0.2) is 36.2 Å². The Labute approximate surface area is 175 Å². The number of esters is 2. The SMILES string of the molecule is C=Cc1ccc(OC(C)=O)c(C(=O)OCCOc2ccc(C(=O)O)cc2I)c1. The molecule has 2 aromatic carbocycles. The molecule has 28 heavy (non-hydrogen) atoms. The minimum Gasteiger partial charge on any atom is -0.489 e. The fourth-order valence-corrected chi connectivity index (χ4v) is 2.86. The lowest BCUT2D eigenvalue weighted by atomic mass is 10.1. The maximum Gasteiger partial charge on any atom is 0.342 e. The van der Waals surface area contributed by atoms with Gasteiger partial charge in [-0.2, -0.15) is 0 Å². The van der Waals surface area contributed by atoms with Gasteiger partial charge in [0.25, 0.3) is 0 Å². The lowest BCUT2D eigenvalue weighted by Crippen LogP contribution is -2.15. The van der Waals surface area contributed by atoms with Crippen molar-refractivity contribution in [3.05, 3.63) is 63.2 Å². The molecule has 2 aromatic rings. The van der Waals surface area contributed by atoms with Gasteiger partial charge in [0.15, 0.2) is 0 Å². The van der Waals surface area contributed by atoms with Crippen molar-refractivity contribution < 1.29 is 33.7 Å². The molecular formula is C20H17IO7. The second-order valence-electron chi connectivity index (χ2n) is 5.49. The Kier molecular flexibility index (Phi) is 7.56. The summed E-state index contributed by atoms with van der Waals surface area (Å²) in [6, 6.07) is 9.13. The summed E-state index contributed by atoms with van der Waals surface area (Å²) < 4.78 is 16.4. The van der Waals surface area contributed by atoms with Gasteiger partial charge in [-0.3, -0.25) is 4.79 Å². The molecule has 146 valence electrons. The summed E-state index contributed by atoms with van der Waals surface area (Å²) in [7, 11) is 0. The van der Waals surface area contributed by atoms with Crippen LogP contribution in [0.2, 0.25) is 0 Å². The number of carboxylic acid groups (broad SMARTS) is 1. The first-order valence-corrected chi connectivity index (χ1v) is 9.17. The summed E-state index contributed by atoms with van der Waals surface area (Å²) in [5.74, 6) is -1.66. The topological polar surface area (TPSA) is 99.1 Å². The van der Waals surface area contributed by atoms with Crippen LogP contribution in [0.1, 0.15) is 33.2 Å². The largest absolute Gasteiger partial charge is 0.489 e. The van der Waals surface area contributed by atoms with Crippen molar-refractivity contribution >= 4 is 46.6 Å². The van der Waals surface area contributed by atoms with E-state index in [2.05, 4.69) is 6.58 Å². The highest BCUT2D eigenvalue weighted by atomic mass is 127. The van der Waals surface area contributed by atoms with Crippen LogP contribution in [-0.2, 0) is 9.53 Å². The molecule has 0 fully saturated rings. The average molecular weight is 496 g/mol. The molecule has 1 N–H and O–H groups in total. The third kappa shape index (κ3) is 5.81. The monoisotopic (exact) mass is 496 g/mol. The first kappa shape index (κ1) is 21.4. The predicted octanol–water partition coefficient (Wildman–Crippen LogP) is 3.79. The first-order chi connectivity index (χ1) is 13.3. The maximum absolute atomic E-state index is 12.3. The lowest BCUT2D eigenvalue weighted by molar-refractivity contribution is -0.131. The van der Waals surface area contributed by atoms with Crippen LogP contribution in [0.15, 0.2) is 43.0 Å². The van der Waals surface area contributed by atoms with Gasteiger partial charge in [-0.15, -0.1) is 0 Å². The molecule has 0 amide bonds. The number of rotatable bonds is 8. The molecule has 0 spiro atoms. The highest BCUT2D eigenvalue weighted by Crippen LogP contribution is 2.23. The van der Waals surface area contributed by atoms with E-state index in [1.165, 1.54) is 31.2 Å². The van der Waals surface area contributed by atoms with Crippen LogP contribution in [0.3, 0.4) is 0 Å². The van der Waals surface area contributed by atoms with Crippen molar-refractivity contribution in [2.45, 2.75) is 6.92 Å². The van der Waals surface area contributed by atoms with E-state index in [1.807, 2.05) is 22.6 Å². The summed E-state index contributed by atoms with van der Waals surface area (Å²) in [4.78, 5) is 34.5. The Morgan fingerprint density at radius 2 is 1.82 bits per heavy atom. The molecule has 0 heterocycles. The van der Waals surface area contributed by atoms with Gasteiger partial charge in [-0.1, -0.05) is 18.7 Å². The molecule has 0 saturated heterocycles. The predicted molar refractivity (Wildman–Crippen MR) is 110 cm³/mol. The van der Waals surface area contributed by atoms with Crippen LogP contribution in [0.4, 0.5) is 0 Å². The Morgan fingerprint density at radius 3 is 2.43 bits per heavy atom. The Bertz CT molecular complexity index is 921. The van der Waals surface area contributed by atoms with Crippen LogP contribution in [0.5, 0.6) is 11.5 Å². The molecule has 7 nitrogen and oxygen atoms in total. The Morgan fingerprint density at radius 1 is 1.11 bits per heavy atom. The first-order valence-electron chi connectivity index (χ1n) is 8.09. The number of aromatic carboxylic acids is 1. The maximum atomic E-state index is 12.3. The normalized spacial score (nSPS) is 10.1. The van der Waals surface area contributed by atoms with Crippen molar-refractivity contribution in [1.29, 1.82) is 0 Å². The summed E-state index contributed by atoms with van der Waals surface area (Å²) in [5, 5.41) is 8.96. The third-order valence-corrected chi connectivity index (χ3v) is 4.31. The molecule has 0 aromatic heterocycles. The molecular weight excluding hydrogens is 479 g/mol. The zero-order valence-electron chi connectivity index (χ0n) is 14.9. The summed E-state index contributed by atoms with van der Waals surface area (Å²) in [6.07, 6.45) is 1.56. The fraction of sp³-hybridized carbons (Fsp3) is 0.150. The number of carbonyl (C=O) groups excluding carboxylic acids is 2. The molecule has 0 aliphatic rings. The highest BCUT2D eigenvalue weighted by Gasteiger charge is 2.16. The van der Waals surface area contributed by atoms with Gasteiger partial charge in [-0.05, 0) is 58.5 Å². The van der Waals surface area contributed by atoms with Gasteiger partial charge in [0.2, 0.25) is 0 Å². The molecule has 0 radical (unpaired) electrons. The molecule has 0 atom stereocenters. The summed E-state index contributed by atoms with van der Waals surface area (Å²) in [5.41, 5.74) is 0.934. The van der Waals surface area contributed by atoms with E-state index in [4.69, 9.17) is 19.3 Å². The smallest absolute Gasteiger partial charge is 0.342 e. The van der Waals surface area contributed by atoms with Crippen molar-refractivity contribution in [3.63, 3.8) is 0 Å². The number of hydrogen-bond acceptors (Lipinski definition) is 6. The van der Waals surface area contributed by atoms with E-state index in [1.54, 1.807) is 18.2 Å². The lowest BCUT2D eigenvalue weighted by Gasteiger charge is -2.11. The summed E-state index contributed by atoms with van der Waals surface area (Å²) >= 11 is 1.96. The van der Waals surface area contributed by atoms with E-state index in [-0.39, 0.29) is 30.1 Å². The summed E-state index contributed by atoms with van der Waals surface area (Å²) in [6.45, 7) is 4.90. The Balaban J connectivity index is 1.98. The molecule has 0 bridgehead atoms. The van der Waals surface area contributed by atoms with Crippen molar-refractivity contribution in [3.8, 4) is 11.5 Å². The minimum absolute atomic E-state index is 0.0482. The quantitative estimate of drug-likeness (QED) is 0.257. The Hall–Kier alpha value is -2.88. The number of ether oxygens (including phenoxy) is 3. The number of carbonyl (C=O) groups is 3. The van der Waals surface area contributed by atoms with Gasteiger partial charge >= 0.3 is 17.9 Å². The van der Waals surface area contributed by atoms with Crippen molar-refractivity contribution in [1.82, 2.24) is 0 Å². The van der Waals surface area contributed by atoms with Gasteiger partial charge < -0.3 is 19.3 Å². The van der Waals surface area contributed by atoms with Crippen molar-refractivity contribution in [2.24, 2.45) is 0 Å². The van der Waals surface area contributed by atoms with Gasteiger partial charge in [0.1, 0.15) is 30.3 Å². The molecule has 8 heteroatoms. The third-order valence-electron chi connectivity index (χ3n) is 3.47. The van der Waals surface area contributed by atoms with Crippen LogP contribution in [0.25, 0.3) is 6.08 Å². The van der Waals surface area contributed by atoms with Crippen LogP contribution < -0.4 is 9.47 Å². The van der Waals surface area contributed by atoms with E-state index in [0.29, 0.717) is 14.9 Å². The van der Waals surface area contributed by atoms with E-state index >= 15 is 0 Å². The molecule has 0 aliphatic heterocycles. The molecule has 2 rings (SSSR count). The molecule has 0 saturated carbocycles. The van der Waals surface area contributed by atoms with E-state index in [9.17, 15) is 14.4 Å². The highest BCUT2D eigenvalue weighted by molar-refractivity contribution is 14.1. The van der Waals surface area contributed by atoms with E-state index < -0.39 is 17.9 Å². The van der Waals surface area contributed by atoms with Gasteiger partial charge in [-0.25, -0.2) is 9.59 Å². The zero-order chi connectivity index (χ0) is 20.7. The number of halogens is 1. The minimum atomic E-state index is -1.02. The van der Waals surface area contributed by atoms with Gasteiger partial charge in [0, 0.05) is 6.92 Å². The van der Waals surface area contributed by atoms with Crippen LogP contribution >= 0.6 is 22.6 Å². The second kappa shape index (κ2) is 9.88. The number of benzene rings is 2. The standard InChI is InChI=1S/C20H17IO7/c1-3-13-4-6-17(28-12(2)22)15(10-13)20(25)27-9-8-26-18-7-5-14(19(23)24)11-16(18)21/h3-7,10-11H,1,8-9H2,2H3,(H,23,24).